The average Bonchev–Trinajstić information content (AvgIpc) is 2.91. The van der Waals surface area contributed by atoms with E-state index in [1.54, 1.807) is 0 Å². The fourth-order valence-electron chi connectivity index (χ4n) is 2.10. The number of aromatic nitrogens is 3. The van der Waals surface area contributed by atoms with Crippen LogP contribution in [0, 0.1) is 5.92 Å². The molecular formula is C14H19ClN4O4. The van der Waals surface area contributed by atoms with Crippen molar-refractivity contribution in [1.29, 1.82) is 0 Å². The Morgan fingerprint density at radius 3 is 2.70 bits per heavy atom. The van der Waals surface area contributed by atoms with Gasteiger partial charge in [0.25, 0.3) is 5.91 Å². The van der Waals surface area contributed by atoms with Gasteiger partial charge in [0.2, 0.25) is 0 Å². The number of aromatic hydroxyl groups is 1. The number of nitrogens with one attached hydrogen (secondary N) is 1. The fourth-order valence-corrected chi connectivity index (χ4v) is 2.10. The van der Waals surface area contributed by atoms with Gasteiger partial charge in [0, 0.05) is 11.8 Å². The Bertz CT molecular complexity index is 714. The van der Waals surface area contributed by atoms with Crippen molar-refractivity contribution >= 4 is 29.9 Å². The summed E-state index contributed by atoms with van der Waals surface area (Å²) in [4.78, 5) is 26.6. The Hall–Kier alpha value is -2.35. The van der Waals surface area contributed by atoms with Crippen LogP contribution in [0.5, 0.6) is 5.75 Å². The van der Waals surface area contributed by atoms with Crippen LogP contribution in [0.15, 0.2) is 12.4 Å². The molecule has 0 fully saturated rings. The van der Waals surface area contributed by atoms with Crippen molar-refractivity contribution in [2.75, 3.05) is 6.54 Å². The molecule has 1 amide bonds. The monoisotopic (exact) mass is 342 g/mol. The number of hydrogen-bond donors (Lipinski definition) is 3. The van der Waals surface area contributed by atoms with Gasteiger partial charge >= 0.3 is 5.97 Å². The van der Waals surface area contributed by atoms with E-state index in [1.807, 2.05) is 0 Å². The highest BCUT2D eigenvalue weighted by Crippen LogP contribution is 2.24. The van der Waals surface area contributed by atoms with E-state index in [2.05, 4.69) is 29.2 Å². The molecule has 23 heavy (non-hydrogen) atoms. The first-order valence-corrected chi connectivity index (χ1v) is 6.94. The van der Waals surface area contributed by atoms with Crippen LogP contribution in [0.3, 0.4) is 0 Å². The Balaban J connectivity index is 0.00000264. The first kappa shape index (κ1) is 18.7. The van der Waals surface area contributed by atoms with Gasteiger partial charge in [0.05, 0.1) is 0 Å². The van der Waals surface area contributed by atoms with Crippen LogP contribution in [0.4, 0.5) is 0 Å². The van der Waals surface area contributed by atoms with E-state index < -0.39 is 18.4 Å². The summed E-state index contributed by atoms with van der Waals surface area (Å²) in [5.41, 5.74) is 0.877. The Morgan fingerprint density at radius 1 is 1.39 bits per heavy atom. The molecule has 0 aliphatic carbocycles. The SMILES string of the molecule is CC(C)CCc1cc(O)c(C(=O)NCC(=O)O)c2ncnn12.Cl. The predicted molar refractivity (Wildman–Crippen MR) is 85.0 cm³/mol. The highest BCUT2D eigenvalue weighted by Gasteiger charge is 2.20. The number of fused-ring (bicyclic) bond motifs is 1. The third-order valence-electron chi connectivity index (χ3n) is 3.21. The van der Waals surface area contributed by atoms with Gasteiger partial charge in [-0.3, -0.25) is 9.59 Å². The molecule has 2 aromatic heterocycles. The van der Waals surface area contributed by atoms with Gasteiger partial charge in [0.15, 0.2) is 5.65 Å². The lowest BCUT2D eigenvalue weighted by Gasteiger charge is -2.11. The van der Waals surface area contributed by atoms with Crippen molar-refractivity contribution in [3.63, 3.8) is 0 Å². The van der Waals surface area contributed by atoms with Crippen LogP contribution in [0.25, 0.3) is 5.65 Å². The standard InChI is InChI=1S/C14H18N4O4.ClH/c1-8(2)3-4-9-5-10(19)12(13-16-7-17-18(9)13)14(22)15-6-11(20)21;/h5,7-8,19H,3-4,6H2,1-2H3,(H,15,22)(H,20,21);1H. The molecule has 9 heteroatoms. The highest BCUT2D eigenvalue weighted by molar-refractivity contribution is 6.03. The summed E-state index contributed by atoms with van der Waals surface area (Å²) in [7, 11) is 0. The minimum atomic E-state index is -1.17. The van der Waals surface area contributed by atoms with Crippen molar-refractivity contribution in [3.8, 4) is 5.75 Å². The molecule has 0 saturated heterocycles. The van der Waals surface area contributed by atoms with Gasteiger partial charge in [0.1, 0.15) is 24.2 Å². The van der Waals surface area contributed by atoms with Gasteiger partial charge in [-0.25, -0.2) is 9.50 Å². The zero-order valence-corrected chi connectivity index (χ0v) is 13.6. The number of carbonyl (C=O) groups is 2. The molecule has 0 spiro atoms. The summed E-state index contributed by atoms with van der Waals surface area (Å²) >= 11 is 0. The topological polar surface area (TPSA) is 117 Å². The normalized spacial score (nSPS) is 10.6. The van der Waals surface area contributed by atoms with E-state index >= 15 is 0 Å². The number of nitrogens with zero attached hydrogens (tertiary/aromatic N) is 3. The Morgan fingerprint density at radius 2 is 2.09 bits per heavy atom. The molecule has 2 rings (SSSR count). The Kier molecular flexibility index (Phi) is 6.32. The molecule has 126 valence electrons. The minimum absolute atomic E-state index is 0. The van der Waals surface area contributed by atoms with Crippen LogP contribution < -0.4 is 5.32 Å². The largest absolute Gasteiger partial charge is 0.507 e. The summed E-state index contributed by atoms with van der Waals surface area (Å²) in [6.07, 6.45) is 2.88. The van der Waals surface area contributed by atoms with Crippen molar-refractivity contribution in [3.05, 3.63) is 23.7 Å². The van der Waals surface area contributed by atoms with E-state index in [0.29, 0.717) is 12.3 Å². The molecule has 0 atom stereocenters. The number of carbonyl (C=O) groups excluding carboxylic acids is 1. The summed E-state index contributed by atoms with van der Waals surface area (Å²) in [5, 5.41) is 25.0. The van der Waals surface area contributed by atoms with Crippen LogP contribution in [0.2, 0.25) is 0 Å². The lowest BCUT2D eigenvalue weighted by molar-refractivity contribution is -0.135. The average molecular weight is 343 g/mol. The lowest BCUT2D eigenvalue weighted by Crippen LogP contribution is -2.30. The van der Waals surface area contributed by atoms with Gasteiger partial charge in [-0.2, -0.15) is 5.10 Å². The molecule has 2 heterocycles. The van der Waals surface area contributed by atoms with E-state index in [1.165, 1.54) is 16.9 Å². The zero-order chi connectivity index (χ0) is 16.3. The number of aryl methyl sites for hydroxylation is 1. The summed E-state index contributed by atoms with van der Waals surface area (Å²) in [6, 6.07) is 1.47. The highest BCUT2D eigenvalue weighted by atomic mass is 35.5. The Labute approximate surface area is 138 Å². The summed E-state index contributed by atoms with van der Waals surface area (Å²) in [5.74, 6) is -1.62. The number of pyridine rings is 1. The van der Waals surface area contributed by atoms with Crippen LogP contribution in [-0.2, 0) is 11.2 Å². The summed E-state index contributed by atoms with van der Waals surface area (Å²) < 4.78 is 1.50. The maximum atomic E-state index is 12.0. The maximum Gasteiger partial charge on any atom is 0.322 e. The van der Waals surface area contributed by atoms with Crippen molar-refractivity contribution in [2.24, 2.45) is 5.92 Å². The molecule has 0 bridgehead atoms. The molecule has 0 saturated carbocycles. The first-order valence-electron chi connectivity index (χ1n) is 6.94. The third-order valence-corrected chi connectivity index (χ3v) is 3.21. The van der Waals surface area contributed by atoms with E-state index in [0.717, 1.165) is 12.1 Å². The van der Waals surface area contributed by atoms with Crippen molar-refractivity contribution in [2.45, 2.75) is 26.7 Å². The second kappa shape index (κ2) is 7.77. The molecule has 0 radical (unpaired) electrons. The second-order valence-electron chi connectivity index (χ2n) is 5.40. The third kappa shape index (κ3) is 4.32. The van der Waals surface area contributed by atoms with Crippen LogP contribution in [0.1, 0.15) is 36.3 Å². The molecule has 0 unspecified atom stereocenters. The number of aliphatic carboxylic acids is 1. The number of rotatable bonds is 6. The summed E-state index contributed by atoms with van der Waals surface area (Å²) in [6.45, 7) is 3.64. The minimum Gasteiger partial charge on any atom is -0.507 e. The molecule has 2 aromatic rings. The maximum absolute atomic E-state index is 12.0. The van der Waals surface area contributed by atoms with E-state index in [4.69, 9.17) is 5.11 Å². The van der Waals surface area contributed by atoms with Gasteiger partial charge in [-0.1, -0.05) is 13.8 Å². The lowest BCUT2D eigenvalue weighted by atomic mass is 10.1. The van der Waals surface area contributed by atoms with Gasteiger partial charge in [-0.05, 0) is 18.8 Å². The number of carboxylic acids is 1. The number of halogens is 1. The van der Waals surface area contributed by atoms with Crippen molar-refractivity contribution in [1.82, 2.24) is 19.9 Å². The molecule has 3 N–H and O–H groups in total. The molecular weight excluding hydrogens is 324 g/mol. The fraction of sp³-hybridized carbons (Fsp3) is 0.429. The predicted octanol–water partition coefficient (Wildman–Crippen LogP) is 1.26. The van der Waals surface area contributed by atoms with Gasteiger partial charge in [-0.15, -0.1) is 12.4 Å². The molecule has 0 aliphatic heterocycles. The molecule has 0 aliphatic rings. The van der Waals surface area contributed by atoms with Crippen LogP contribution >= 0.6 is 12.4 Å². The molecule has 8 nitrogen and oxygen atoms in total. The number of carboxylic acid groups (broad SMARTS) is 1. The first-order chi connectivity index (χ1) is 10.4. The van der Waals surface area contributed by atoms with Gasteiger partial charge < -0.3 is 15.5 Å². The quantitative estimate of drug-likeness (QED) is 0.727. The number of hydrogen-bond acceptors (Lipinski definition) is 5. The van der Waals surface area contributed by atoms with Crippen molar-refractivity contribution < 1.29 is 19.8 Å². The van der Waals surface area contributed by atoms with Crippen LogP contribution in [-0.4, -0.2) is 43.2 Å². The molecule has 0 aromatic carbocycles. The zero-order valence-electron chi connectivity index (χ0n) is 12.8. The van der Waals surface area contributed by atoms with E-state index in [-0.39, 0.29) is 29.4 Å². The number of amides is 1. The second-order valence-corrected chi connectivity index (χ2v) is 5.40. The van der Waals surface area contributed by atoms with E-state index in [9.17, 15) is 14.7 Å². The smallest absolute Gasteiger partial charge is 0.322 e.